The first-order valence-electron chi connectivity index (χ1n) is 6.32. The summed E-state index contributed by atoms with van der Waals surface area (Å²) in [5.41, 5.74) is 7.35. The van der Waals surface area contributed by atoms with Gasteiger partial charge in [-0.2, -0.15) is 0 Å². The van der Waals surface area contributed by atoms with Crippen LogP contribution in [0, 0.1) is 0 Å². The lowest BCUT2D eigenvalue weighted by Gasteiger charge is -2.13. The molecule has 0 spiro atoms. The summed E-state index contributed by atoms with van der Waals surface area (Å²) in [4.78, 5) is 5.58. The van der Waals surface area contributed by atoms with Gasteiger partial charge in [0.15, 0.2) is 0 Å². The van der Waals surface area contributed by atoms with E-state index in [1.807, 2.05) is 24.4 Å². The Bertz CT molecular complexity index is 531. The van der Waals surface area contributed by atoms with Crippen LogP contribution in [0.3, 0.4) is 0 Å². The Kier molecular flexibility index (Phi) is 5.43. The molecule has 0 fully saturated rings. The van der Waals surface area contributed by atoms with Crippen LogP contribution in [0.1, 0.15) is 18.9 Å². The Hall–Kier alpha value is -0.840. The molecule has 1 atom stereocenters. The van der Waals surface area contributed by atoms with E-state index in [1.165, 1.54) is 10.5 Å². The first-order valence-corrected chi connectivity index (χ1v) is 7.93. The molecule has 0 aliphatic heterocycles. The van der Waals surface area contributed by atoms with E-state index >= 15 is 0 Å². The molecular formula is C15H17BrN2S. The fourth-order valence-electron chi connectivity index (χ4n) is 1.74. The number of rotatable bonds is 5. The number of hydrogen-bond donors (Lipinski definition) is 1. The second-order valence-corrected chi connectivity index (χ2v) is 6.37. The van der Waals surface area contributed by atoms with Gasteiger partial charge in [-0.25, -0.2) is 4.98 Å². The first-order chi connectivity index (χ1) is 9.19. The second-order valence-electron chi connectivity index (χ2n) is 4.39. The van der Waals surface area contributed by atoms with Crippen molar-refractivity contribution in [1.29, 1.82) is 0 Å². The number of halogens is 1. The molecule has 1 aromatic carbocycles. The Balaban J connectivity index is 2.24. The van der Waals surface area contributed by atoms with E-state index < -0.39 is 0 Å². The van der Waals surface area contributed by atoms with Crippen molar-refractivity contribution in [1.82, 2.24) is 4.98 Å². The lowest BCUT2D eigenvalue weighted by atomic mass is 10.1. The van der Waals surface area contributed by atoms with Crippen LogP contribution in [0.25, 0.3) is 0 Å². The summed E-state index contributed by atoms with van der Waals surface area (Å²) in [5, 5.41) is 1.01. The first kappa shape index (κ1) is 14.6. The predicted octanol–water partition coefficient (Wildman–Crippen LogP) is 4.28. The highest BCUT2D eigenvalue weighted by Gasteiger charge is 2.09. The van der Waals surface area contributed by atoms with Crippen LogP contribution in [-0.4, -0.2) is 11.0 Å². The van der Waals surface area contributed by atoms with Crippen molar-refractivity contribution >= 4 is 27.7 Å². The van der Waals surface area contributed by atoms with Crippen molar-refractivity contribution in [2.45, 2.75) is 35.7 Å². The zero-order valence-corrected chi connectivity index (χ0v) is 13.2. The van der Waals surface area contributed by atoms with Crippen LogP contribution in [0.2, 0.25) is 0 Å². The maximum Gasteiger partial charge on any atom is 0.101 e. The van der Waals surface area contributed by atoms with Crippen LogP contribution in [0.5, 0.6) is 0 Å². The number of pyridine rings is 1. The highest BCUT2D eigenvalue weighted by atomic mass is 79.9. The summed E-state index contributed by atoms with van der Waals surface area (Å²) in [7, 11) is 0. The quantitative estimate of drug-likeness (QED) is 0.885. The topological polar surface area (TPSA) is 38.9 Å². The van der Waals surface area contributed by atoms with Gasteiger partial charge in [-0.1, -0.05) is 46.7 Å². The lowest BCUT2D eigenvalue weighted by Crippen LogP contribution is -2.21. The van der Waals surface area contributed by atoms with Crippen LogP contribution in [-0.2, 0) is 6.42 Å². The molecule has 0 amide bonds. The molecular weight excluding hydrogens is 320 g/mol. The van der Waals surface area contributed by atoms with Crippen LogP contribution >= 0.6 is 27.7 Å². The lowest BCUT2D eigenvalue weighted by molar-refractivity contribution is 0.641. The Labute approximate surface area is 126 Å². The summed E-state index contributed by atoms with van der Waals surface area (Å²) in [6.45, 7) is 2.12. The molecule has 2 N–H and O–H groups in total. The Morgan fingerprint density at radius 1 is 1.32 bits per heavy atom. The zero-order chi connectivity index (χ0) is 13.7. The van der Waals surface area contributed by atoms with Crippen LogP contribution in [0.4, 0.5) is 0 Å². The molecule has 100 valence electrons. The standard InChI is InChI=1S/C15H17BrN2S/c1-2-13(17)9-11-6-7-12(16)10-14(11)19-15-5-3-4-8-18-15/h3-8,10,13H,2,9,17H2,1H3. The number of aromatic nitrogens is 1. The predicted molar refractivity (Wildman–Crippen MR) is 84.5 cm³/mol. The molecule has 1 heterocycles. The SMILES string of the molecule is CCC(N)Cc1ccc(Br)cc1Sc1ccccn1. The van der Waals surface area contributed by atoms with Crippen LogP contribution < -0.4 is 5.73 Å². The van der Waals surface area contributed by atoms with Gasteiger partial charge >= 0.3 is 0 Å². The van der Waals surface area contributed by atoms with E-state index in [4.69, 9.17) is 5.73 Å². The minimum absolute atomic E-state index is 0.212. The third-order valence-corrected chi connectivity index (χ3v) is 4.43. The highest BCUT2D eigenvalue weighted by Crippen LogP contribution is 2.32. The van der Waals surface area contributed by atoms with Gasteiger partial charge in [0.2, 0.25) is 0 Å². The van der Waals surface area contributed by atoms with Crippen molar-refractivity contribution in [3.63, 3.8) is 0 Å². The summed E-state index contributed by atoms with van der Waals surface area (Å²) >= 11 is 5.21. The van der Waals surface area contributed by atoms with Crippen molar-refractivity contribution < 1.29 is 0 Å². The normalized spacial score (nSPS) is 12.4. The number of nitrogens with two attached hydrogens (primary N) is 1. The minimum atomic E-state index is 0.212. The van der Waals surface area contributed by atoms with Gasteiger partial charge in [-0.15, -0.1) is 0 Å². The van der Waals surface area contributed by atoms with Gasteiger partial charge in [0.1, 0.15) is 5.03 Å². The fourth-order valence-corrected chi connectivity index (χ4v) is 3.21. The van der Waals surface area contributed by atoms with Crippen molar-refractivity contribution in [3.05, 3.63) is 52.6 Å². The number of nitrogens with zero attached hydrogens (tertiary/aromatic N) is 1. The van der Waals surface area contributed by atoms with E-state index in [2.05, 4.69) is 46.0 Å². The average Bonchev–Trinajstić information content (AvgIpc) is 2.43. The summed E-state index contributed by atoms with van der Waals surface area (Å²) < 4.78 is 1.08. The van der Waals surface area contributed by atoms with Crippen LogP contribution in [0.15, 0.2) is 57.0 Å². The second kappa shape index (κ2) is 7.08. The summed E-state index contributed by atoms with van der Waals surface area (Å²) in [6, 6.07) is 12.5. The molecule has 0 saturated carbocycles. The molecule has 0 aliphatic rings. The van der Waals surface area contributed by atoms with Gasteiger partial charge in [0.05, 0.1) is 0 Å². The van der Waals surface area contributed by atoms with Crippen molar-refractivity contribution in [3.8, 4) is 0 Å². The molecule has 1 aromatic heterocycles. The highest BCUT2D eigenvalue weighted by molar-refractivity contribution is 9.10. The van der Waals surface area contributed by atoms with Gasteiger partial charge in [0.25, 0.3) is 0 Å². The average molecular weight is 337 g/mol. The molecule has 19 heavy (non-hydrogen) atoms. The van der Waals surface area contributed by atoms with E-state index in [0.29, 0.717) is 0 Å². The molecule has 0 bridgehead atoms. The molecule has 0 saturated heterocycles. The molecule has 2 nitrogen and oxygen atoms in total. The van der Waals surface area contributed by atoms with E-state index in [-0.39, 0.29) is 6.04 Å². The van der Waals surface area contributed by atoms with E-state index in [9.17, 15) is 0 Å². The number of benzene rings is 1. The van der Waals surface area contributed by atoms with Gasteiger partial charge < -0.3 is 5.73 Å². The van der Waals surface area contributed by atoms with Gasteiger partial charge in [-0.3, -0.25) is 0 Å². The van der Waals surface area contributed by atoms with Gasteiger partial charge in [-0.05, 0) is 42.7 Å². The Morgan fingerprint density at radius 3 is 2.84 bits per heavy atom. The largest absolute Gasteiger partial charge is 0.327 e. The van der Waals surface area contributed by atoms with Gasteiger partial charge in [0, 0.05) is 21.6 Å². The fraction of sp³-hybridized carbons (Fsp3) is 0.267. The number of hydrogen-bond acceptors (Lipinski definition) is 3. The van der Waals surface area contributed by atoms with E-state index in [0.717, 1.165) is 22.3 Å². The minimum Gasteiger partial charge on any atom is -0.327 e. The molecule has 2 aromatic rings. The van der Waals surface area contributed by atoms with Crippen molar-refractivity contribution in [2.24, 2.45) is 5.73 Å². The Morgan fingerprint density at radius 2 is 2.16 bits per heavy atom. The molecule has 4 heteroatoms. The summed E-state index contributed by atoms with van der Waals surface area (Å²) in [5.74, 6) is 0. The zero-order valence-electron chi connectivity index (χ0n) is 10.8. The smallest absolute Gasteiger partial charge is 0.101 e. The molecule has 1 unspecified atom stereocenters. The third-order valence-electron chi connectivity index (χ3n) is 2.89. The third kappa shape index (κ3) is 4.34. The molecule has 0 aliphatic carbocycles. The molecule has 0 radical (unpaired) electrons. The van der Waals surface area contributed by atoms with Crippen molar-refractivity contribution in [2.75, 3.05) is 0 Å². The van der Waals surface area contributed by atoms with E-state index in [1.54, 1.807) is 11.8 Å². The molecule has 2 rings (SSSR count). The maximum absolute atomic E-state index is 6.07. The monoisotopic (exact) mass is 336 g/mol. The maximum atomic E-state index is 6.07. The summed E-state index contributed by atoms with van der Waals surface area (Å²) in [6.07, 6.45) is 3.71.